The van der Waals surface area contributed by atoms with E-state index in [1.54, 1.807) is 6.92 Å². The molecule has 0 heterocycles. The third-order valence-corrected chi connectivity index (χ3v) is 0.953. The third-order valence-electron chi connectivity index (χ3n) is 0.953. The lowest BCUT2D eigenvalue weighted by molar-refractivity contribution is -0.137. The maximum Gasteiger partial charge on any atom is 0.389 e. The molecular weight excluding hydrogens is 157 g/mol. The van der Waals surface area contributed by atoms with Crippen LogP contribution in [0.4, 0.5) is 13.2 Å². The van der Waals surface area contributed by atoms with Gasteiger partial charge in [0.2, 0.25) is 0 Å². The van der Waals surface area contributed by atoms with Gasteiger partial charge in [0, 0.05) is 6.42 Å². The number of allylic oxidation sites excluding steroid dienone is 1. The summed E-state index contributed by atoms with van der Waals surface area (Å²) in [4.78, 5) is 0. The molecule has 0 aliphatic rings. The Kier molecular flexibility index (Phi) is 4.00. The summed E-state index contributed by atoms with van der Waals surface area (Å²) in [5, 5.41) is 0. The molecule has 0 amide bonds. The Labute approximate surface area is 63.8 Å². The van der Waals surface area contributed by atoms with E-state index in [4.69, 9.17) is 4.74 Å². The first-order valence-electron chi connectivity index (χ1n) is 3.27. The van der Waals surface area contributed by atoms with Crippen LogP contribution in [0.25, 0.3) is 0 Å². The van der Waals surface area contributed by atoms with Crippen molar-refractivity contribution in [2.45, 2.75) is 25.9 Å². The molecule has 66 valence electrons. The molecule has 11 heavy (non-hydrogen) atoms. The Hall–Kier alpha value is -0.670. The summed E-state index contributed by atoms with van der Waals surface area (Å²) in [6.07, 6.45) is -4.87. The smallest absolute Gasteiger partial charge is 0.389 e. The molecule has 0 unspecified atom stereocenters. The van der Waals surface area contributed by atoms with Gasteiger partial charge in [-0.3, -0.25) is 0 Å². The highest BCUT2D eigenvalue weighted by atomic mass is 19.4. The van der Waals surface area contributed by atoms with Crippen LogP contribution >= 0.6 is 0 Å². The molecule has 0 bridgehead atoms. The zero-order valence-corrected chi connectivity index (χ0v) is 6.37. The van der Waals surface area contributed by atoms with Crippen LogP contribution in [0.5, 0.6) is 0 Å². The lowest BCUT2D eigenvalue weighted by Gasteiger charge is -2.06. The molecule has 0 aromatic carbocycles. The number of halogens is 3. The SMILES string of the molecule is C=C(C)OCCCC(F)(F)F. The molecule has 0 N–H and O–H groups in total. The summed E-state index contributed by atoms with van der Waals surface area (Å²) in [5.74, 6) is 0.451. The second-order valence-corrected chi connectivity index (χ2v) is 2.27. The van der Waals surface area contributed by atoms with Crippen molar-refractivity contribution in [3.05, 3.63) is 12.3 Å². The van der Waals surface area contributed by atoms with E-state index in [1.807, 2.05) is 0 Å². The van der Waals surface area contributed by atoms with Crippen molar-refractivity contribution in [1.29, 1.82) is 0 Å². The fourth-order valence-corrected chi connectivity index (χ4v) is 0.519. The molecule has 0 rings (SSSR count). The molecule has 0 aliphatic heterocycles. The van der Waals surface area contributed by atoms with Crippen molar-refractivity contribution in [2.24, 2.45) is 0 Å². The summed E-state index contributed by atoms with van der Waals surface area (Å²) in [5.41, 5.74) is 0. The monoisotopic (exact) mass is 168 g/mol. The number of hydrogen-bond acceptors (Lipinski definition) is 1. The van der Waals surface area contributed by atoms with Gasteiger partial charge < -0.3 is 4.74 Å². The van der Waals surface area contributed by atoms with Crippen molar-refractivity contribution < 1.29 is 17.9 Å². The van der Waals surface area contributed by atoms with Gasteiger partial charge in [-0.05, 0) is 13.3 Å². The summed E-state index contributed by atoms with van der Waals surface area (Å²) in [6, 6.07) is 0. The van der Waals surface area contributed by atoms with E-state index in [9.17, 15) is 13.2 Å². The van der Waals surface area contributed by atoms with Gasteiger partial charge in [-0.2, -0.15) is 13.2 Å². The van der Waals surface area contributed by atoms with Gasteiger partial charge in [-0.15, -0.1) is 0 Å². The molecule has 0 atom stereocenters. The lowest BCUT2D eigenvalue weighted by Crippen LogP contribution is -2.08. The fraction of sp³-hybridized carbons (Fsp3) is 0.714. The lowest BCUT2D eigenvalue weighted by atomic mass is 10.3. The molecule has 0 radical (unpaired) electrons. The van der Waals surface area contributed by atoms with Crippen LogP contribution in [-0.2, 0) is 4.74 Å². The molecule has 0 aromatic heterocycles. The first-order chi connectivity index (χ1) is 4.92. The Balaban J connectivity index is 3.22. The molecule has 0 saturated heterocycles. The molecule has 0 aliphatic carbocycles. The summed E-state index contributed by atoms with van der Waals surface area (Å²) in [7, 11) is 0. The highest BCUT2D eigenvalue weighted by Crippen LogP contribution is 2.21. The quantitative estimate of drug-likeness (QED) is 0.463. The van der Waals surface area contributed by atoms with E-state index in [-0.39, 0.29) is 13.0 Å². The predicted octanol–water partition coefficient (Wildman–Crippen LogP) is 2.88. The third kappa shape index (κ3) is 9.33. The van der Waals surface area contributed by atoms with Gasteiger partial charge >= 0.3 is 6.18 Å². The van der Waals surface area contributed by atoms with Crippen LogP contribution in [0.2, 0.25) is 0 Å². The van der Waals surface area contributed by atoms with Crippen molar-refractivity contribution in [1.82, 2.24) is 0 Å². The minimum Gasteiger partial charge on any atom is -0.499 e. The van der Waals surface area contributed by atoms with E-state index in [1.165, 1.54) is 0 Å². The van der Waals surface area contributed by atoms with E-state index < -0.39 is 12.6 Å². The van der Waals surface area contributed by atoms with E-state index in [0.29, 0.717) is 5.76 Å². The molecule has 0 aromatic rings. The van der Waals surface area contributed by atoms with Crippen molar-refractivity contribution >= 4 is 0 Å². The van der Waals surface area contributed by atoms with Crippen molar-refractivity contribution in [2.75, 3.05) is 6.61 Å². The van der Waals surface area contributed by atoms with Crippen LogP contribution in [0.15, 0.2) is 12.3 Å². The van der Waals surface area contributed by atoms with Crippen LogP contribution in [0, 0.1) is 0 Å². The van der Waals surface area contributed by atoms with Crippen LogP contribution in [-0.4, -0.2) is 12.8 Å². The number of ether oxygens (including phenoxy) is 1. The normalized spacial score (nSPS) is 11.3. The largest absolute Gasteiger partial charge is 0.499 e. The molecule has 4 heteroatoms. The van der Waals surface area contributed by atoms with Crippen LogP contribution in [0.1, 0.15) is 19.8 Å². The Bertz CT molecular complexity index is 128. The average Bonchev–Trinajstić information content (AvgIpc) is 1.78. The number of rotatable bonds is 4. The summed E-state index contributed by atoms with van der Waals surface area (Å²) >= 11 is 0. The minimum absolute atomic E-state index is 0.00361. The van der Waals surface area contributed by atoms with Gasteiger partial charge in [0.05, 0.1) is 12.4 Å². The Morgan fingerprint density at radius 1 is 1.45 bits per heavy atom. The maximum absolute atomic E-state index is 11.5. The first-order valence-corrected chi connectivity index (χ1v) is 3.27. The van der Waals surface area contributed by atoms with Crippen LogP contribution < -0.4 is 0 Å². The average molecular weight is 168 g/mol. The van der Waals surface area contributed by atoms with Crippen molar-refractivity contribution in [3.63, 3.8) is 0 Å². The summed E-state index contributed by atoms with van der Waals surface area (Å²) < 4.78 is 39.2. The molecule has 0 spiro atoms. The van der Waals surface area contributed by atoms with E-state index in [0.717, 1.165) is 0 Å². The molecular formula is C7H11F3O. The number of alkyl halides is 3. The van der Waals surface area contributed by atoms with Gasteiger partial charge in [0.25, 0.3) is 0 Å². The highest BCUT2D eigenvalue weighted by molar-refractivity contribution is 4.73. The van der Waals surface area contributed by atoms with Gasteiger partial charge in [-0.1, -0.05) is 6.58 Å². The molecule has 0 saturated carbocycles. The van der Waals surface area contributed by atoms with Gasteiger partial charge in [0.15, 0.2) is 0 Å². The van der Waals surface area contributed by atoms with E-state index >= 15 is 0 Å². The standard InChI is InChI=1S/C7H11F3O/c1-6(2)11-5-3-4-7(8,9)10/h1,3-5H2,2H3. The minimum atomic E-state index is -4.07. The predicted molar refractivity (Wildman–Crippen MR) is 36.1 cm³/mol. The van der Waals surface area contributed by atoms with Gasteiger partial charge in [0.1, 0.15) is 0 Å². The first kappa shape index (κ1) is 10.3. The Morgan fingerprint density at radius 2 is 2.00 bits per heavy atom. The topological polar surface area (TPSA) is 9.23 Å². The van der Waals surface area contributed by atoms with Crippen LogP contribution in [0.3, 0.4) is 0 Å². The van der Waals surface area contributed by atoms with E-state index in [2.05, 4.69) is 6.58 Å². The zero-order chi connectivity index (χ0) is 8.91. The van der Waals surface area contributed by atoms with Gasteiger partial charge in [-0.25, -0.2) is 0 Å². The molecule has 1 nitrogen and oxygen atoms in total. The Morgan fingerprint density at radius 3 is 2.36 bits per heavy atom. The highest BCUT2D eigenvalue weighted by Gasteiger charge is 2.25. The maximum atomic E-state index is 11.5. The summed E-state index contributed by atoms with van der Waals surface area (Å²) in [6.45, 7) is 5.08. The molecule has 0 fully saturated rings. The second kappa shape index (κ2) is 4.26. The number of hydrogen-bond donors (Lipinski definition) is 0. The fourth-order valence-electron chi connectivity index (χ4n) is 0.519. The van der Waals surface area contributed by atoms with Crippen molar-refractivity contribution in [3.8, 4) is 0 Å². The second-order valence-electron chi connectivity index (χ2n) is 2.27. The zero-order valence-electron chi connectivity index (χ0n) is 6.37.